The van der Waals surface area contributed by atoms with Gasteiger partial charge in [0.15, 0.2) is 0 Å². The van der Waals surface area contributed by atoms with Crippen molar-refractivity contribution in [1.29, 1.82) is 0 Å². The van der Waals surface area contributed by atoms with E-state index in [1.54, 1.807) is 6.92 Å². The van der Waals surface area contributed by atoms with E-state index in [0.29, 0.717) is 6.42 Å². The van der Waals surface area contributed by atoms with Gasteiger partial charge in [0.25, 0.3) is 0 Å². The third-order valence-electron chi connectivity index (χ3n) is 2.12. The minimum atomic E-state index is -0.900. The third-order valence-corrected chi connectivity index (χ3v) is 2.12. The molecule has 68 valence electrons. The molecule has 0 amide bonds. The fourth-order valence-corrected chi connectivity index (χ4v) is 1.21. The second kappa shape index (κ2) is 3.64. The highest BCUT2D eigenvalue weighted by Crippen LogP contribution is 2.23. The Balaban J connectivity index is 2.95. The van der Waals surface area contributed by atoms with Crippen molar-refractivity contribution < 1.29 is 5.11 Å². The van der Waals surface area contributed by atoms with Crippen LogP contribution in [0.5, 0.6) is 0 Å². The van der Waals surface area contributed by atoms with E-state index in [-0.39, 0.29) is 0 Å². The van der Waals surface area contributed by atoms with Crippen molar-refractivity contribution in [2.75, 3.05) is 0 Å². The lowest BCUT2D eigenvalue weighted by molar-refractivity contribution is 0.0629. The molecule has 1 nitrogen and oxygen atoms in total. The van der Waals surface area contributed by atoms with Gasteiger partial charge in [-0.2, -0.15) is 0 Å². The first-order valence-corrected chi connectivity index (χ1v) is 4.29. The first kappa shape index (κ1) is 9.83. The molecule has 0 saturated heterocycles. The highest BCUT2D eigenvalue weighted by Gasteiger charge is 2.20. The van der Waals surface area contributed by atoms with Gasteiger partial charge < -0.3 is 5.11 Å². The second-order valence-electron chi connectivity index (χ2n) is 3.52. The molecule has 0 bridgehead atoms. The molecular formula is C12H14O. The van der Waals surface area contributed by atoms with Crippen LogP contribution in [0.4, 0.5) is 0 Å². The van der Waals surface area contributed by atoms with Gasteiger partial charge in [-0.25, -0.2) is 0 Å². The molecule has 13 heavy (non-hydrogen) atoms. The number of hydrogen-bond acceptors (Lipinski definition) is 1. The normalized spacial score (nSPS) is 14.6. The highest BCUT2D eigenvalue weighted by atomic mass is 16.3. The molecule has 1 aromatic rings. The fourth-order valence-electron chi connectivity index (χ4n) is 1.21. The van der Waals surface area contributed by atoms with Crippen molar-refractivity contribution >= 4 is 0 Å². The van der Waals surface area contributed by atoms with E-state index in [2.05, 4.69) is 5.92 Å². The quantitative estimate of drug-likeness (QED) is 0.682. The van der Waals surface area contributed by atoms with Gasteiger partial charge in [-0.15, -0.1) is 12.3 Å². The van der Waals surface area contributed by atoms with E-state index in [1.807, 2.05) is 31.2 Å². The Morgan fingerprint density at radius 2 is 1.92 bits per heavy atom. The van der Waals surface area contributed by atoms with E-state index in [9.17, 15) is 5.11 Å². The Morgan fingerprint density at radius 3 is 2.38 bits per heavy atom. The molecular weight excluding hydrogens is 160 g/mol. The van der Waals surface area contributed by atoms with Crippen molar-refractivity contribution in [1.82, 2.24) is 0 Å². The van der Waals surface area contributed by atoms with Crippen LogP contribution in [0.15, 0.2) is 24.3 Å². The molecule has 0 fully saturated rings. The average molecular weight is 174 g/mol. The summed E-state index contributed by atoms with van der Waals surface area (Å²) in [5, 5.41) is 9.93. The zero-order chi connectivity index (χ0) is 9.90. The lowest BCUT2D eigenvalue weighted by Crippen LogP contribution is -2.19. The summed E-state index contributed by atoms with van der Waals surface area (Å²) in [4.78, 5) is 0. The summed E-state index contributed by atoms with van der Waals surface area (Å²) in [6.07, 6.45) is 5.52. The summed E-state index contributed by atoms with van der Waals surface area (Å²) in [5.41, 5.74) is 1.15. The number of terminal acetylenes is 1. The molecule has 1 heteroatoms. The minimum Gasteiger partial charge on any atom is -0.384 e. The highest BCUT2D eigenvalue weighted by molar-refractivity contribution is 5.26. The monoisotopic (exact) mass is 174 g/mol. The molecule has 0 aliphatic carbocycles. The van der Waals surface area contributed by atoms with Crippen molar-refractivity contribution in [2.45, 2.75) is 25.9 Å². The van der Waals surface area contributed by atoms with Crippen LogP contribution in [-0.4, -0.2) is 5.11 Å². The SMILES string of the molecule is C#CC[C@@](C)(O)c1ccc(C)cc1. The van der Waals surface area contributed by atoms with Crippen molar-refractivity contribution in [2.24, 2.45) is 0 Å². The zero-order valence-corrected chi connectivity index (χ0v) is 8.04. The molecule has 0 aliphatic heterocycles. The summed E-state index contributed by atoms with van der Waals surface area (Å²) in [7, 11) is 0. The molecule has 0 aliphatic rings. The van der Waals surface area contributed by atoms with Gasteiger partial charge in [-0.05, 0) is 19.4 Å². The topological polar surface area (TPSA) is 20.2 Å². The van der Waals surface area contributed by atoms with Crippen molar-refractivity contribution in [3.05, 3.63) is 35.4 Å². The molecule has 0 heterocycles. The van der Waals surface area contributed by atoms with Crippen LogP contribution in [0.25, 0.3) is 0 Å². The van der Waals surface area contributed by atoms with Gasteiger partial charge in [0.05, 0.1) is 5.60 Å². The van der Waals surface area contributed by atoms with Gasteiger partial charge in [-0.3, -0.25) is 0 Å². The van der Waals surface area contributed by atoms with Gasteiger partial charge in [-0.1, -0.05) is 29.8 Å². The predicted molar refractivity (Wildman–Crippen MR) is 54.2 cm³/mol. The fraction of sp³-hybridized carbons (Fsp3) is 0.333. The Hall–Kier alpha value is -1.26. The smallest absolute Gasteiger partial charge is 0.0977 e. The third kappa shape index (κ3) is 2.34. The first-order chi connectivity index (χ1) is 6.06. The molecule has 0 radical (unpaired) electrons. The largest absolute Gasteiger partial charge is 0.384 e. The molecule has 0 unspecified atom stereocenters. The number of hydrogen-bond donors (Lipinski definition) is 1. The van der Waals surface area contributed by atoms with E-state index in [1.165, 1.54) is 5.56 Å². The molecule has 0 spiro atoms. The number of benzene rings is 1. The lowest BCUT2D eigenvalue weighted by atomic mass is 9.92. The molecule has 1 N–H and O–H groups in total. The number of rotatable bonds is 2. The summed E-state index contributed by atoms with van der Waals surface area (Å²) < 4.78 is 0. The van der Waals surface area contributed by atoms with Crippen LogP contribution in [0, 0.1) is 19.3 Å². The van der Waals surface area contributed by atoms with Crippen molar-refractivity contribution in [3.63, 3.8) is 0 Å². The van der Waals surface area contributed by atoms with Gasteiger partial charge in [0.2, 0.25) is 0 Å². The lowest BCUT2D eigenvalue weighted by Gasteiger charge is -2.21. The summed E-state index contributed by atoms with van der Waals surface area (Å²) in [6.45, 7) is 3.75. The summed E-state index contributed by atoms with van der Waals surface area (Å²) >= 11 is 0. The maximum absolute atomic E-state index is 9.93. The second-order valence-corrected chi connectivity index (χ2v) is 3.52. The van der Waals surface area contributed by atoms with Crippen LogP contribution >= 0.6 is 0 Å². The van der Waals surface area contributed by atoms with Crippen LogP contribution < -0.4 is 0 Å². The number of aryl methyl sites for hydroxylation is 1. The summed E-state index contributed by atoms with van der Waals surface area (Å²) in [5.74, 6) is 2.47. The molecule has 1 rings (SSSR count). The maximum Gasteiger partial charge on any atom is 0.0977 e. The van der Waals surface area contributed by atoms with Gasteiger partial charge in [0.1, 0.15) is 0 Å². The minimum absolute atomic E-state index is 0.343. The van der Waals surface area contributed by atoms with E-state index >= 15 is 0 Å². The molecule has 0 saturated carbocycles. The van der Waals surface area contributed by atoms with Crippen LogP contribution in [-0.2, 0) is 5.60 Å². The van der Waals surface area contributed by atoms with Crippen LogP contribution in [0.3, 0.4) is 0 Å². The number of aliphatic hydroxyl groups is 1. The van der Waals surface area contributed by atoms with E-state index < -0.39 is 5.60 Å². The summed E-state index contributed by atoms with van der Waals surface area (Å²) in [6, 6.07) is 7.76. The Bertz CT molecular complexity index is 314. The molecule has 1 atom stereocenters. The predicted octanol–water partition coefficient (Wildman–Crippen LogP) is 2.23. The Kier molecular flexibility index (Phi) is 2.75. The van der Waals surface area contributed by atoms with E-state index in [0.717, 1.165) is 5.56 Å². The Labute approximate surface area is 79.4 Å². The van der Waals surface area contributed by atoms with Crippen molar-refractivity contribution in [3.8, 4) is 12.3 Å². The van der Waals surface area contributed by atoms with Crippen LogP contribution in [0.2, 0.25) is 0 Å². The van der Waals surface area contributed by atoms with E-state index in [4.69, 9.17) is 6.42 Å². The van der Waals surface area contributed by atoms with Gasteiger partial charge >= 0.3 is 0 Å². The van der Waals surface area contributed by atoms with Crippen LogP contribution in [0.1, 0.15) is 24.5 Å². The maximum atomic E-state index is 9.93. The standard InChI is InChI=1S/C12H14O/c1-4-9-12(3,13)11-7-5-10(2)6-8-11/h1,5-8,13H,9H2,2-3H3/t12-/m1/s1. The zero-order valence-electron chi connectivity index (χ0n) is 8.04. The molecule has 1 aromatic carbocycles. The van der Waals surface area contributed by atoms with Gasteiger partial charge in [0, 0.05) is 6.42 Å². The average Bonchev–Trinajstić information content (AvgIpc) is 2.05. The first-order valence-electron chi connectivity index (χ1n) is 4.29. The molecule has 0 aromatic heterocycles. The Morgan fingerprint density at radius 1 is 1.38 bits per heavy atom.